The van der Waals surface area contributed by atoms with Crippen LogP contribution < -0.4 is 4.74 Å². The molecule has 0 aliphatic heterocycles. The van der Waals surface area contributed by atoms with E-state index in [9.17, 15) is 4.79 Å². The van der Waals surface area contributed by atoms with Crippen LogP contribution in [0.2, 0.25) is 0 Å². The van der Waals surface area contributed by atoms with Crippen LogP contribution in [0.5, 0.6) is 5.75 Å². The van der Waals surface area contributed by atoms with E-state index in [1.54, 1.807) is 0 Å². The average molecular weight is 244 g/mol. The molecule has 0 bridgehead atoms. The van der Waals surface area contributed by atoms with E-state index in [0.717, 1.165) is 11.3 Å². The fraction of sp³-hybridized carbons (Fsp3) is 0.154. The molecule has 0 spiro atoms. The SMILES string of the molecule is Cc1cccc(OCc2ncc(C(=O)O)cn2)c1. The minimum Gasteiger partial charge on any atom is -0.486 e. The van der Waals surface area contributed by atoms with Crippen LogP contribution in [-0.4, -0.2) is 21.0 Å². The molecule has 2 rings (SSSR count). The highest BCUT2D eigenvalue weighted by molar-refractivity contribution is 5.86. The van der Waals surface area contributed by atoms with Gasteiger partial charge in [0.1, 0.15) is 12.4 Å². The van der Waals surface area contributed by atoms with Crippen LogP contribution in [0.25, 0.3) is 0 Å². The Morgan fingerprint density at radius 2 is 2.06 bits per heavy atom. The van der Waals surface area contributed by atoms with Gasteiger partial charge in [-0.2, -0.15) is 0 Å². The van der Waals surface area contributed by atoms with Crippen LogP contribution in [0.1, 0.15) is 21.7 Å². The van der Waals surface area contributed by atoms with Gasteiger partial charge in [-0.15, -0.1) is 0 Å². The summed E-state index contributed by atoms with van der Waals surface area (Å²) >= 11 is 0. The number of carbonyl (C=O) groups is 1. The third-order valence-corrected chi connectivity index (χ3v) is 2.31. The summed E-state index contributed by atoms with van der Waals surface area (Å²) in [5, 5.41) is 8.70. The number of hydrogen-bond acceptors (Lipinski definition) is 4. The molecule has 18 heavy (non-hydrogen) atoms. The number of carboxylic acids is 1. The molecule has 5 heteroatoms. The van der Waals surface area contributed by atoms with Crippen molar-refractivity contribution in [3.05, 3.63) is 53.6 Å². The number of carboxylic acid groups (broad SMARTS) is 1. The lowest BCUT2D eigenvalue weighted by molar-refractivity contribution is 0.0695. The molecule has 0 atom stereocenters. The molecule has 5 nitrogen and oxygen atoms in total. The van der Waals surface area contributed by atoms with Crippen LogP contribution in [-0.2, 0) is 6.61 Å². The first-order valence-corrected chi connectivity index (χ1v) is 5.39. The van der Waals surface area contributed by atoms with Crippen molar-refractivity contribution in [2.75, 3.05) is 0 Å². The zero-order chi connectivity index (χ0) is 13.0. The quantitative estimate of drug-likeness (QED) is 0.891. The molecule has 0 amide bonds. The summed E-state index contributed by atoms with van der Waals surface area (Å²) in [5.74, 6) is 0.142. The lowest BCUT2D eigenvalue weighted by Crippen LogP contribution is -2.04. The lowest BCUT2D eigenvalue weighted by Gasteiger charge is -2.05. The Bertz CT molecular complexity index is 552. The van der Waals surface area contributed by atoms with Gasteiger partial charge >= 0.3 is 5.97 Å². The van der Waals surface area contributed by atoms with Crippen LogP contribution in [0.3, 0.4) is 0 Å². The zero-order valence-corrected chi connectivity index (χ0v) is 9.83. The van der Waals surface area contributed by atoms with E-state index >= 15 is 0 Å². The van der Waals surface area contributed by atoms with Gasteiger partial charge in [0.25, 0.3) is 0 Å². The smallest absolute Gasteiger partial charge is 0.338 e. The van der Waals surface area contributed by atoms with E-state index < -0.39 is 5.97 Å². The van der Waals surface area contributed by atoms with Crippen molar-refractivity contribution >= 4 is 5.97 Å². The van der Waals surface area contributed by atoms with Gasteiger partial charge in [-0.25, -0.2) is 14.8 Å². The van der Waals surface area contributed by atoms with Crippen LogP contribution in [0, 0.1) is 6.92 Å². The van der Waals surface area contributed by atoms with E-state index in [-0.39, 0.29) is 12.2 Å². The van der Waals surface area contributed by atoms with Crippen molar-refractivity contribution in [3.63, 3.8) is 0 Å². The molecule has 0 unspecified atom stereocenters. The third kappa shape index (κ3) is 3.04. The summed E-state index contributed by atoms with van der Waals surface area (Å²) in [6.45, 7) is 2.19. The second kappa shape index (κ2) is 5.27. The minimum absolute atomic E-state index is 0.0642. The first kappa shape index (κ1) is 12.0. The summed E-state index contributed by atoms with van der Waals surface area (Å²) in [6, 6.07) is 7.63. The van der Waals surface area contributed by atoms with Crippen molar-refractivity contribution in [1.82, 2.24) is 9.97 Å². The number of hydrogen-bond donors (Lipinski definition) is 1. The lowest BCUT2D eigenvalue weighted by atomic mass is 10.2. The highest BCUT2D eigenvalue weighted by atomic mass is 16.5. The van der Waals surface area contributed by atoms with Gasteiger partial charge in [-0.1, -0.05) is 12.1 Å². The van der Waals surface area contributed by atoms with E-state index in [0.29, 0.717) is 5.82 Å². The van der Waals surface area contributed by atoms with Gasteiger partial charge in [0.2, 0.25) is 0 Å². The first-order valence-electron chi connectivity index (χ1n) is 5.39. The van der Waals surface area contributed by atoms with Gasteiger partial charge in [0, 0.05) is 12.4 Å². The molecule has 0 fully saturated rings. The highest BCUT2D eigenvalue weighted by Gasteiger charge is 2.04. The molecule has 0 saturated carbocycles. The Balaban J connectivity index is 2.00. The maximum Gasteiger partial charge on any atom is 0.338 e. The Morgan fingerprint density at radius 3 is 2.67 bits per heavy atom. The molecule has 0 radical (unpaired) electrons. The first-order chi connectivity index (χ1) is 8.65. The van der Waals surface area contributed by atoms with Gasteiger partial charge in [0.05, 0.1) is 5.56 Å². The third-order valence-electron chi connectivity index (χ3n) is 2.31. The number of nitrogens with zero attached hydrogens (tertiary/aromatic N) is 2. The Kier molecular flexibility index (Phi) is 3.52. The topological polar surface area (TPSA) is 72.3 Å². The van der Waals surface area contributed by atoms with Gasteiger partial charge in [0.15, 0.2) is 5.82 Å². The molecule has 0 aliphatic carbocycles. The summed E-state index contributed by atoms with van der Waals surface area (Å²) in [7, 11) is 0. The standard InChI is InChI=1S/C13H12N2O3/c1-9-3-2-4-11(5-9)18-8-12-14-6-10(7-15-12)13(16)17/h2-7H,8H2,1H3,(H,16,17). The maximum atomic E-state index is 10.6. The molecule has 1 heterocycles. The van der Waals surface area contributed by atoms with Gasteiger partial charge < -0.3 is 9.84 Å². The van der Waals surface area contributed by atoms with Crippen molar-refractivity contribution in [2.45, 2.75) is 13.5 Å². The van der Waals surface area contributed by atoms with E-state index in [1.807, 2.05) is 31.2 Å². The normalized spacial score (nSPS) is 10.1. The highest BCUT2D eigenvalue weighted by Crippen LogP contribution is 2.13. The summed E-state index contributed by atoms with van der Waals surface area (Å²) in [6.07, 6.45) is 2.54. The van der Waals surface area contributed by atoms with Crippen molar-refractivity contribution in [3.8, 4) is 5.75 Å². The number of aromatic nitrogens is 2. The largest absolute Gasteiger partial charge is 0.486 e. The van der Waals surface area contributed by atoms with E-state index in [1.165, 1.54) is 12.4 Å². The molecule has 1 N–H and O–H groups in total. The molecule has 1 aromatic heterocycles. The zero-order valence-electron chi connectivity index (χ0n) is 9.83. The molecule has 92 valence electrons. The number of rotatable bonds is 4. The van der Waals surface area contributed by atoms with Crippen LogP contribution in [0.4, 0.5) is 0 Å². The summed E-state index contributed by atoms with van der Waals surface area (Å²) in [4.78, 5) is 18.5. The fourth-order valence-electron chi connectivity index (χ4n) is 1.39. The number of ether oxygens (including phenoxy) is 1. The van der Waals surface area contributed by atoms with Gasteiger partial charge in [-0.05, 0) is 24.6 Å². The van der Waals surface area contributed by atoms with Crippen molar-refractivity contribution in [2.24, 2.45) is 0 Å². The predicted molar refractivity (Wildman–Crippen MR) is 64.5 cm³/mol. The molecular weight excluding hydrogens is 232 g/mol. The van der Waals surface area contributed by atoms with E-state index in [2.05, 4.69) is 9.97 Å². The summed E-state index contributed by atoms with van der Waals surface area (Å²) in [5.41, 5.74) is 1.17. The second-order valence-electron chi connectivity index (χ2n) is 3.80. The maximum absolute atomic E-state index is 10.6. The number of aryl methyl sites for hydroxylation is 1. The summed E-state index contributed by atoms with van der Waals surface area (Å²) < 4.78 is 5.50. The van der Waals surface area contributed by atoms with Crippen LogP contribution >= 0.6 is 0 Å². The predicted octanol–water partition coefficient (Wildman–Crippen LogP) is 2.06. The van der Waals surface area contributed by atoms with Crippen molar-refractivity contribution < 1.29 is 14.6 Å². The minimum atomic E-state index is -1.04. The van der Waals surface area contributed by atoms with Gasteiger partial charge in [-0.3, -0.25) is 0 Å². The molecule has 2 aromatic rings. The fourth-order valence-corrected chi connectivity index (χ4v) is 1.39. The Hall–Kier alpha value is -2.43. The number of benzene rings is 1. The van der Waals surface area contributed by atoms with Crippen LogP contribution in [0.15, 0.2) is 36.7 Å². The second-order valence-corrected chi connectivity index (χ2v) is 3.80. The Labute approximate surface area is 104 Å². The molecular formula is C13H12N2O3. The Morgan fingerprint density at radius 1 is 1.33 bits per heavy atom. The number of aromatic carboxylic acids is 1. The molecule has 1 aromatic carbocycles. The molecule has 0 saturated heterocycles. The molecule has 0 aliphatic rings. The van der Waals surface area contributed by atoms with Crippen molar-refractivity contribution in [1.29, 1.82) is 0 Å². The van der Waals surface area contributed by atoms with E-state index in [4.69, 9.17) is 9.84 Å². The average Bonchev–Trinajstić information content (AvgIpc) is 2.37. The monoisotopic (exact) mass is 244 g/mol.